The molecule has 0 saturated carbocycles. The monoisotopic (exact) mass is 351 g/mol. The van der Waals surface area contributed by atoms with Gasteiger partial charge in [0.2, 0.25) is 0 Å². The Labute approximate surface area is 152 Å². The summed E-state index contributed by atoms with van der Waals surface area (Å²) in [4.78, 5) is 12.4. The van der Waals surface area contributed by atoms with Gasteiger partial charge in [-0.2, -0.15) is 0 Å². The first-order chi connectivity index (χ1) is 11.7. The third kappa shape index (κ3) is 7.34. The Morgan fingerprint density at radius 2 is 1.80 bits per heavy atom. The van der Waals surface area contributed by atoms with Crippen molar-refractivity contribution in [1.82, 2.24) is 5.32 Å². The van der Waals surface area contributed by atoms with Gasteiger partial charge in [-0.1, -0.05) is 19.4 Å². The molecule has 0 aliphatic heterocycles. The van der Waals surface area contributed by atoms with Crippen molar-refractivity contribution < 1.29 is 19.0 Å². The van der Waals surface area contributed by atoms with Crippen molar-refractivity contribution in [2.24, 2.45) is 0 Å². The van der Waals surface area contributed by atoms with E-state index < -0.39 is 5.60 Å². The summed E-state index contributed by atoms with van der Waals surface area (Å²) in [6.07, 6.45) is 2.45. The fourth-order valence-corrected chi connectivity index (χ4v) is 2.69. The number of ether oxygens (including phenoxy) is 3. The highest BCUT2D eigenvalue weighted by Gasteiger charge is 2.25. The van der Waals surface area contributed by atoms with E-state index in [0.717, 1.165) is 24.8 Å². The van der Waals surface area contributed by atoms with Crippen molar-refractivity contribution >= 4 is 5.97 Å². The van der Waals surface area contributed by atoms with Crippen LogP contribution in [0.4, 0.5) is 0 Å². The largest absolute Gasteiger partial charge is 0.493 e. The summed E-state index contributed by atoms with van der Waals surface area (Å²) in [5, 5.41) is 3.41. The lowest BCUT2D eigenvalue weighted by Crippen LogP contribution is -2.45. The average Bonchev–Trinajstić information content (AvgIpc) is 2.52. The van der Waals surface area contributed by atoms with Crippen molar-refractivity contribution in [3.63, 3.8) is 0 Å². The van der Waals surface area contributed by atoms with Gasteiger partial charge in [-0.25, -0.2) is 0 Å². The lowest BCUT2D eigenvalue weighted by Gasteiger charge is -2.26. The maximum atomic E-state index is 12.4. The molecule has 5 heteroatoms. The molecule has 0 unspecified atom stereocenters. The number of hydrogen-bond donors (Lipinski definition) is 1. The molecule has 0 aliphatic carbocycles. The van der Waals surface area contributed by atoms with Crippen molar-refractivity contribution in [3.8, 4) is 11.5 Å². The predicted octanol–water partition coefficient (Wildman–Crippen LogP) is 3.73. The Morgan fingerprint density at radius 3 is 2.32 bits per heavy atom. The first kappa shape index (κ1) is 21.3. The number of esters is 1. The molecule has 2 atom stereocenters. The SMILES string of the molecule is CCC[C@H](N[C@H](C)Cc1ccc(OC)c(OC)c1)C(=O)OC(C)(C)C. The van der Waals surface area contributed by atoms with Gasteiger partial charge in [0.05, 0.1) is 14.2 Å². The van der Waals surface area contributed by atoms with Crippen LogP contribution in [0.15, 0.2) is 18.2 Å². The molecule has 25 heavy (non-hydrogen) atoms. The topological polar surface area (TPSA) is 56.8 Å². The first-order valence-electron chi connectivity index (χ1n) is 8.90. The van der Waals surface area contributed by atoms with Crippen molar-refractivity contribution in [1.29, 1.82) is 0 Å². The van der Waals surface area contributed by atoms with Crippen LogP contribution in [0.2, 0.25) is 0 Å². The Hall–Kier alpha value is -1.75. The van der Waals surface area contributed by atoms with E-state index in [0.29, 0.717) is 11.5 Å². The maximum Gasteiger partial charge on any atom is 0.323 e. The highest BCUT2D eigenvalue weighted by molar-refractivity contribution is 5.76. The van der Waals surface area contributed by atoms with Crippen molar-refractivity contribution in [2.45, 2.75) is 71.6 Å². The van der Waals surface area contributed by atoms with Gasteiger partial charge in [-0.3, -0.25) is 4.79 Å². The minimum Gasteiger partial charge on any atom is -0.493 e. The van der Waals surface area contributed by atoms with Gasteiger partial charge in [0.25, 0.3) is 0 Å². The lowest BCUT2D eigenvalue weighted by molar-refractivity contribution is -0.157. The molecule has 0 radical (unpaired) electrons. The summed E-state index contributed by atoms with van der Waals surface area (Å²) >= 11 is 0. The lowest BCUT2D eigenvalue weighted by atomic mass is 10.0. The van der Waals surface area contributed by atoms with E-state index in [1.165, 1.54) is 0 Å². The minimum atomic E-state index is -0.475. The van der Waals surface area contributed by atoms with E-state index in [1.807, 2.05) is 39.0 Å². The molecule has 0 saturated heterocycles. The number of carbonyl (C=O) groups is 1. The number of carbonyl (C=O) groups excluding carboxylic acids is 1. The van der Waals surface area contributed by atoms with Crippen LogP contribution in [0.3, 0.4) is 0 Å². The van der Waals surface area contributed by atoms with E-state index in [-0.39, 0.29) is 18.1 Å². The second kappa shape index (κ2) is 9.66. The molecule has 0 amide bonds. The zero-order valence-electron chi connectivity index (χ0n) is 16.6. The van der Waals surface area contributed by atoms with Crippen molar-refractivity contribution in [3.05, 3.63) is 23.8 Å². The Balaban J connectivity index is 2.74. The number of hydrogen-bond acceptors (Lipinski definition) is 5. The molecule has 5 nitrogen and oxygen atoms in total. The number of rotatable bonds is 9. The Bertz CT molecular complexity index is 551. The van der Waals surface area contributed by atoms with Crippen LogP contribution < -0.4 is 14.8 Å². The maximum absolute atomic E-state index is 12.4. The van der Waals surface area contributed by atoms with Crippen LogP contribution in [0.25, 0.3) is 0 Å². The first-order valence-corrected chi connectivity index (χ1v) is 8.90. The fraction of sp³-hybridized carbons (Fsp3) is 0.650. The number of nitrogens with one attached hydrogen (secondary N) is 1. The second-order valence-electron chi connectivity index (χ2n) is 7.34. The van der Waals surface area contributed by atoms with E-state index in [1.54, 1.807) is 14.2 Å². The average molecular weight is 351 g/mol. The van der Waals surface area contributed by atoms with Crippen LogP contribution in [0, 0.1) is 0 Å². The van der Waals surface area contributed by atoms with Crippen LogP contribution in [0.5, 0.6) is 11.5 Å². The summed E-state index contributed by atoms with van der Waals surface area (Å²) in [7, 11) is 3.25. The Kier molecular flexibility index (Phi) is 8.23. The number of methoxy groups -OCH3 is 2. The molecular weight excluding hydrogens is 318 g/mol. The smallest absolute Gasteiger partial charge is 0.323 e. The Morgan fingerprint density at radius 1 is 1.16 bits per heavy atom. The molecule has 0 heterocycles. The summed E-state index contributed by atoms with van der Waals surface area (Å²) < 4.78 is 16.2. The quantitative estimate of drug-likeness (QED) is 0.687. The highest BCUT2D eigenvalue weighted by atomic mass is 16.6. The van der Waals surface area contributed by atoms with Crippen molar-refractivity contribution in [2.75, 3.05) is 14.2 Å². The second-order valence-corrected chi connectivity index (χ2v) is 7.34. The van der Waals surface area contributed by atoms with Gasteiger partial charge in [-0.15, -0.1) is 0 Å². The molecule has 1 aromatic carbocycles. The molecule has 1 aromatic rings. The molecule has 0 fully saturated rings. The summed E-state index contributed by atoms with van der Waals surface area (Å²) in [6.45, 7) is 9.81. The molecule has 0 spiro atoms. The van der Waals surface area contributed by atoms with Gasteiger partial charge in [-0.05, 0) is 58.2 Å². The zero-order valence-corrected chi connectivity index (χ0v) is 16.6. The molecule has 1 N–H and O–H groups in total. The van der Waals surface area contributed by atoms with E-state index in [9.17, 15) is 4.79 Å². The molecule has 0 aromatic heterocycles. The third-order valence-electron chi connectivity index (χ3n) is 3.74. The summed E-state index contributed by atoms with van der Waals surface area (Å²) in [5.41, 5.74) is 0.647. The third-order valence-corrected chi connectivity index (χ3v) is 3.74. The van der Waals surface area contributed by atoms with Gasteiger partial charge >= 0.3 is 5.97 Å². The van der Waals surface area contributed by atoms with E-state index in [4.69, 9.17) is 14.2 Å². The van der Waals surface area contributed by atoms with Gasteiger partial charge in [0, 0.05) is 6.04 Å². The van der Waals surface area contributed by atoms with Gasteiger partial charge < -0.3 is 19.5 Å². The van der Waals surface area contributed by atoms with Gasteiger partial charge in [0.15, 0.2) is 11.5 Å². The standard InChI is InChI=1S/C20H33NO4/c1-8-9-16(19(22)25-20(3,4)5)21-14(2)12-15-10-11-17(23-6)18(13-15)24-7/h10-11,13-14,16,21H,8-9,12H2,1-7H3/t14-,16+/m1/s1. The summed E-state index contributed by atoms with van der Waals surface area (Å²) in [6, 6.07) is 5.72. The zero-order chi connectivity index (χ0) is 19.0. The highest BCUT2D eigenvalue weighted by Crippen LogP contribution is 2.28. The minimum absolute atomic E-state index is 0.127. The predicted molar refractivity (Wildman–Crippen MR) is 100 cm³/mol. The molecule has 0 bridgehead atoms. The normalized spacial score (nSPS) is 13.9. The number of benzene rings is 1. The van der Waals surface area contributed by atoms with E-state index >= 15 is 0 Å². The molecule has 142 valence electrons. The molecule has 0 aliphatic rings. The molecular formula is C20H33NO4. The van der Waals surface area contributed by atoms with E-state index in [2.05, 4.69) is 19.2 Å². The van der Waals surface area contributed by atoms with Crippen LogP contribution in [-0.2, 0) is 16.0 Å². The molecule has 1 rings (SSSR count). The van der Waals surface area contributed by atoms with Crippen LogP contribution >= 0.6 is 0 Å². The van der Waals surface area contributed by atoms with Gasteiger partial charge in [0.1, 0.15) is 11.6 Å². The van der Waals surface area contributed by atoms with Crippen LogP contribution in [-0.4, -0.2) is 37.9 Å². The fourth-order valence-electron chi connectivity index (χ4n) is 2.69. The summed E-state index contributed by atoms with van der Waals surface area (Å²) in [5.74, 6) is 1.24. The van der Waals surface area contributed by atoms with Crippen LogP contribution in [0.1, 0.15) is 53.0 Å².